The van der Waals surface area contributed by atoms with E-state index < -0.39 is 0 Å². The van der Waals surface area contributed by atoms with Crippen LogP contribution in [0.5, 0.6) is 0 Å². The molecule has 0 aliphatic heterocycles. The second-order valence-electron chi connectivity index (χ2n) is 4.51. The van der Waals surface area contributed by atoms with Gasteiger partial charge < -0.3 is 5.32 Å². The fourth-order valence-electron chi connectivity index (χ4n) is 2.00. The summed E-state index contributed by atoms with van der Waals surface area (Å²) >= 11 is 9.89. The lowest BCUT2D eigenvalue weighted by Gasteiger charge is -2.06. The Morgan fingerprint density at radius 2 is 2.14 bits per heavy atom. The van der Waals surface area contributed by atoms with E-state index in [4.69, 9.17) is 11.6 Å². The van der Waals surface area contributed by atoms with Gasteiger partial charge in [0.15, 0.2) is 0 Å². The van der Waals surface area contributed by atoms with Gasteiger partial charge in [0, 0.05) is 19.9 Å². The van der Waals surface area contributed by atoms with E-state index in [0.717, 1.165) is 19.2 Å². The van der Waals surface area contributed by atoms with Gasteiger partial charge in [0.2, 0.25) is 0 Å². The smallest absolute Gasteiger partial charge is 0.268 e. The summed E-state index contributed by atoms with van der Waals surface area (Å²) in [5, 5.41) is 4.23. The molecule has 0 bridgehead atoms. The van der Waals surface area contributed by atoms with Gasteiger partial charge in [-0.15, -0.1) is 11.3 Å². The minimum absolute atomic E-state index is 0.224. The van der Waals surface area contributed by atoms with Crippen molar-refractivity contribution in [3.8, 4) is 0 Å². The van der Waals surface area contributed by atoms with Crippen molar-refractivity contribution in [3.63, 3.8) is 0 Å². The van der Waals surface area contributed by atoms with E-state index in [1.165, 1.54) is 11.3 Å². The molecule has 0 saturated heterocycles. The maximum absolute atomic E-state index is 12.4. The number of nitrogens with zero attached hydrogens (tertiary/aromatic N) is 1. The van der Waals surface area contributed by atoms with Crippen molar-refractivity contribution in [2.45, 2.75) is 6.92 Å². The Bertz CT molecular complexity index is 847. The zero-order valence-electron chi connectivity index (χ0n) is 11.0. The van der Waals surface area contributed by atoms with Gasteiger partial charge >= 0.3 is 0 Å². The zero-order valence-corrected chi connectivity index (χ0v) is 14.7. The van der Waals surface area contributed by atoms with Crippen LogP contribution in [-0.4, -0.2) is 10.9 Å². The van der Waals surface area contributed by atoms with Gasteiger partial charge in [-0.25, -0.2) is 4.98 Å². The number of thiophene rings is 1. The molecule has 0 unspecified atom stereocenters. The van der Waals surface area contributed by atoms with Gasteiger partial charge in [0.05, 0.1) is 5.02 Å². The summed E-state index contributed by atoms with van der Waals surface area (Å²) in [7, 11) is 0. The lowest BCUT2D eigenvalue weighted by atomic mass is 10.2. The number of rotatable bonds is 2. The molecule has 1 aromatic carbocycles. The molecule has 1 amide bonds. The number of fused-ring (bicyclic) bond motifs is 1. The van der Waals surface area contributed by atoms with Gasteiger partial charge in [0.25, 0.3) is 5.91 Å². The Kier molecular flexibility index (Phi) is 4.14. The molecule has 0 fully saturated rings. The average molecular weight is 429 g/mol. The number of anilines is 1. The van der Waals surface area contributed by atoms with Crippen molar-refractivity contribution in [1.82, 2.24) is 4.98 Å². The van der Waals surface area contributed by atoms with Crippen LogP contribution in [0.3, 0.4) is 0 Å². The van der Waals surface area contributed by atoms with Gasteiger partial charge in [-0.2, -0.15) is 0 Å². The standard InChI is InChI=1S/C15H10ClIN2OS/c1-8-6-9(17)7-18-14(8)19-15(20)13-12(16)10-4-2-3-5-11(10)21-13/h2-7H,1H3,(H,18,19,20). The molecule has 3 rings (SSSR count). The molecule has 2 aromatic heterocycles. The van der Waals surface area contributed by atoms with E-state index in [1.54, 1.807) is 6.20 Å². The summed E-state index contributed by atoms with van der Waals surface area (Å²) in [4.78, 5) is 17.2. The first-order valence-corrected chi connectivity index (χ1v) is 8.44. The minimum atomic E-state index is -0.224. The van der Waals surface area contributed by atoms with E-state index in [-0.39, 0.29) is 5.91 Å². The molecule has 2 heterocycles. The van der Waals surface area contributed by atoms with Gasteiger partial charge in [-0.3, -0.25) is 4.79 Å². The summed E-state index contributed by atoms with van der Waals surface area (Å²) in [5.41, 5.74) is 0.924. The first-order valence-electron chi connectivity index (χ1n) is 6.17. The highest BCUT2D eigenvalue weighted by Crippen LogP contribution is 2.35. The Balaban J connectivity index is 1.95. The van der Waals surface area contributed by atoms with Crippen LogP contribution in [0, 0.1) is 10.5 Å². The van der Waals surface area contributed by atoms with E-state index in [0.29, 0.717) is 15.7 Å². The van der Waals surface area contributed by atoms with Crippen LogP contribution in [0.1, 0.15) is 15.2 Å². The van der Waals surface area contributed by atoms with E-state index in [1.807, 2.05) is 37.3 Å². The highest BCUT2D eigenvalue weighted by Gasteiger charge is 2.17. The molecular weight excluding hydrogens is 419 g/mol. The van der Waals surface area contributed by atoms with E-state index in [2.05, 4.69) is 32.9 Å². The predicted octanol–water partition coefficient (Wildman–Crippen LogP) is 5.12. The largest absolute Gasteiger partial charge is 0.306 e. The van der Waals surface area contributed by atoms with Gasteiger partial charge in [0.1, 0.15) is 10.7 Å². The van der Waals surface area contributed by atoms with Crippen LogP contribution in [-0.2, 0) is 0 Å². The van der Waals surface area contributed by atoms with Crippen molar-refractivity contribution in [1.29, 1.82) is 0 Å². The Labute approximate surface area is 144 Å². The van der Waals surface area contributed by atoms with Crippen LogP contribution >= 0.6 is 45.5 Å². The summed E-state index contributed by atoms with van der Waals surface area (Å²) in [6.45, 7) is 1.91. The number of amides is 1. The van der Waals surface area contributed by atoms with Crippen molar-refractivity contribution in [2.24, 2.45) is 0 Å². The number of pyridine rings is 1. The third-order valence-electron chi connectivity index (χ3n) is 3.02. The number of carbonyl (C=O) groups excluding carboxylic acids is 1. The first-order chi connectivity index (χ1) is 10.1. The van der Waals surface area contributed by atoms with Crippen LogP contribution in [0.15, 0.2) is 36.5 Å². The molecule has 0 spiro atoms. The first kappa shape index (κ1) is 14.7. The average Bonchev–Trinajstić information content (AvgIpc) is 2.80. The second kappa shape index (κ2) is 5.90. The number of aromatic nitrogens is 1. The van der Waals surface area contributed by atoms with Gasteiger partial charge in [-0.05, 0) is 47.2 Å². The molecule has 1 N–H and O–H groups in total. The topological polar surface area (TPSA) is 42.0 Å². The number of hydrogen-bond donors (Lipinski definition) is 1. The maximum Gasteiger partial charge on any atom is 0.268 e. The molecule has 0 aliphatic carbocycles. The van der Waals surface area contributed by atoms with Crippen LogP contribution in [0.2, 0.25) is 5.02 Å². The summed E-state index contributed by atoms with van der Waals surface area (Å²) < 4.78 is 2.03. The second-order valence-corrected chi connectivity index (χ2v) is 7.19. The summed E-state index contributed by atoms with van der Waals surface area (Å²) in [6, 6.07) is 9.68. The van der Waals surface area contributed by atoms with E-state index >= 15 is 0 Å². The lowest BCUT2D eigenvalue weighted by Crippen LogP contribution is -2.13. The number of hydrogen-bond acceptors (Lipinski definition) is 3. The third kappa shape index (κ3) is 2.90. The normalized spacial score (nSPS) is 10.8. The molecule has 0 saturated carbocycles. The summed E-state index contributed by atoms with van der Waals surface area (Å²) in [5.74, 6) is 0.340. The fraction of sp³-hybridized carbons (Fsp3) is 0.0667. The molecule has 21 heavy (non-hydrogen) atoms. The molecule has 3 nitrogen and oxygen atoms in total. The van der Waals surface area contributed by atoms with Crippen molar-refractivity contribution in [3.05, 3.63) is 55.6 Å². The fourth-order valence-corrected chi connectivity index (χ4v) is 4.01. The van der Waals surface area contributed by atoms with Crippen molar-refractivity contribution >= 4 is 67.3 Å². The number of aryl methyl sites for hydroxylation is 1. The Hall–Kier alpha value is -1.18. The maximum atomic E-state index is 12.4. The molecule has 0 atom stereocenters. The Morgan fingerprint density at radius 1 is 1.38 bits per heavy atom. The SMILES string of the molecule is Cc1cc(I)cnc1NC(=O)c1sc2ccccc2c1Cl. The predicted molar refractivity (Wildman–Crippen MR) is 96.5 cm³/mol. The lowest BCUT2D eigenvalue weighted by molar-refractivity contribution is 0.103. The van der Waals surface area contributed by atoms with Crippen LogP contribution in [0.25, 0.3) is 10.1 Å². The van der Waals surface area contributed by atoms with Crippen molar-refractivity contribution < 1.29 is 4.79 Å². The van der Waals surface area contributed by atoms with Crippen LogP contribution in [0.4, 0.5) is 5.82 Å². The van der Waals surface area contributed by atoms with Crippen molar-refractivity contribution in [2.75, 3.05) is 5.32 Å². The molecule has 3 aromatic rings. The molecule has 106 valence electrons. The van der Waals surface area contributed by atoms with Crippen LogP contribution < -0.4 is 5.32 Å². The number of nitrogens with one attached hydrogen (secondary N) is 1. The number of halogens is 2. The number of carbonyl (C=O) groups is 1. The zero-order chi connectivity index (χ0) is 15.0. The van der Waals surface area contributed by atoms with E-state index in [9.17, 15) is 4.79 Å². The molecule has 6 heteroatoms. The molecule has 0 radical (unpaired) electrons. The molecular formula is C15H10ClIN2OS. The monoisotopic (exact) mass is 428 g/mol. The highest BCUT2D eigenvalue weighted by atomic mass is 127. The van der Waals surface area contributed by atoms with Gasteiger partial charge in [-0.1, -0.05) is 29.8 Å². The third-order valence-corrected chi connectivity index (χ3v) is 5.28. The number of benzene rings is 1. The minimum Gasteiger partial charge on any atom is -0.306 e. The summed E-state index contributed by atoms with van der Waals surface area (Å²) in [6.07, 6.45) is 1.72. The highest BCUT2D eigenvalue weighted by molar-refractivity contribution is 14.1. The molecule has 0 aliphatic rings. The Morgan fingerprint density at radius 3 is 2.86 bits per heavy atom. The quantitative estimate of drug-likeness (QED) is 0.576.